The Bertz CT molecular complexity index is 502. The van der Waals surface area contributed by atoms with Crippen molar-refractivity contribution < 1.29 is 14.3 Å². The molecule has 72 valence electrons. The number of aromatic amines is 1. The van der Waals surface area contributed by atoms with Crippen LogP contribution in [-0.4, -0.2) is 15.9 Å². The van der Waals surface area contributed by atoms with Gasteiger partial charge < -0.3 is 10.1 Å². The van der Waals surface area contributed by atoms with Crippen LogP contribution in [0.5, 0.6) is 5.75 Å². The molecule has 1 aromatic heterocycles. The Hall–Kier alpha value is -1.91. The topological polar surface area (TPSA) is 70.2 Å². The molecule has 4 nitrogen and oxygen atoms in total. The van der Waals surface area contributed by atoms with Crippen molar-refractivity contribution >= 4 is 11.9 Å². The molecule has 5 heteroatoms. The monoisotopic (exact) mass is 195 g/mol. The van der Waals surface area contributed by atoms with Gasteiger partial charge in [0.05, 0.1) is 11.3 Å². The summed E-state index contributed by atoms with van der Waals surface area (Å²) < 4.78 is 13.3. The van der Waals surface area contributed by atoms with Crippen LogP contribution >= 0.6 is 0 Å². The largest absolute Gasteiger partial charge is 0.501 e. The van der Waals surface area contributed by atoms with Gasteiger partial charge in [-0.1, -0.05) is 6.08 Å². The molecule has 0 atom stereocenters. The first-order valence-corrected chi connectivity index (χ1v) is 3.95. The van der Waals surface area contributed by atoms with Crippen LogP contribution in [0.15, 0.2) is 10.9 Å². The Morgan fingerprint density at radius 3 is 2.86 bits per heavy atom. The maximum Gasteiger partial charge on any atom is 0.293 e. The predicted octanol–water partition coefficient (Wildman–Crippen LogP) is 0.819. The maximum atomic E-state index is 13.3. The van der Waals surface area contributed by atoms with E-state index < -0.39 is 22.9 Å². The highest BCUT2D eigenvalue weighted by atomic mass is 19.1. The van der Waals surface area contributed by atoms with Crippen molar-refractivity contribution in [2.24, 2.45) is 0 Å². The first-order valence-electron chi connectivity index (χ1n) is 3.95. The second-order valence-corrected chi connectivity index (χ2v) is 2.94. The van der Waals surface area contributed by atoms with E-state index in [1.165, 1.54) is 12.2 Å². The molecule has 1 aromatic rings. The zero-order valence-electron chi connectivity index (χ0n) is 7.00. The molecule has 0 unspecified atom stereocenters. The normalized spacial score (nSPS) is 14.2. The van der Waals surface area contributed by atoms with Crippen molar-refractivity contribution in [3.05, 3.63) is 33.5 Å². The molecule has 0 spiro atoms. The fourth-order valence-electron chi connectivity index (χ4n) is 1.36. The smallest absolute Gasteiger partial charge is 0.293 e. The summed E-state index contributed by atoms with van der Waals surface area (Å²) >= 11 is 0. The molecule has 0 fully saturated rings. The molecule has 0 saturated carbocycles. The van der Waals surface area contributed by atoms with Gasteiger partial charge in [-0.15, -0.1) is 0 Å². The molecule has 0 aromatic carbocycles. The minimum absolute atomic E-state index is 0.0788. The molecule has 0 aliphatic heterocycles. The van der Waals surface area contributed by atoms with E-state index in [-0.39, 0.29) is 17.7 Å². The van der Waals surface area contributed by atoms with E-state index in [0.717, 1.165) is 0 Å². The van der Waals surface area contributed by atoms with Gasteiger partial charge in [0, 0.05) is 6.42 Å². The van der Waals surface area contributed by atoms with Gasteiger partial charge in [-0.2, -0.15) is 0 Å². The second kappa shape index (κ2) is 2.80. The number of aromatic hydroxyl groups is 1. The molecule has 0 bridgehead atoms. The van der Waals surface area contributed by atoms with E-state index in [2.05, 4.69) is 4.98 Å². The molecule has 2 rings (SSSR count). The van der Waals surface area contributed by atoms with Gasteiger partial charge in [0.1, 0.15) is 0 Å². The predicted molar refractivity (Wildman–Crippen MR) is 46.7 cm³/mol. The van der Waals surface area contributed by atoms with Crippen molar-refractivity contribution in [1.82, 2.24) is 4.98 Å². The maximum absolute atomic E-state index is 13.3. The molecule has 0 amide bonds. The number of hydrogen-bond acceptors (Lipinski definition) is 3. The Labute approximate surface area is 77.7 Å². The SMILES string of the molecule is O=C1CC=Cc2[nH]c(=O)c(O)c(F)c21. The quantitative estimate of drug-likeness (QED) is 0.643. The summed E-state index contributed by atoms with van der Waals surface area (Å²) in [7, 11) is 0. The minimum atomic E-state index is -1.14. The third-order valence-electron chi connectivity index (χ3n) is 2.03. The molecular weight excluding hydrogens is 189 g/mol. The lowest BCUT2D eigenvalue weighted by atomic mass is 10.00. The number of H-pyrrole nitrogens is 1. The van der Waals surface area contributed by atoms with Gasteiger partial charge in [-0.05, 0) is 6.08 Å². The average Bonchev–Trinajstić information content (AvgIpc) is 2.14. The van der Waals surface area contributed by atoms with Gasteiger partial charge >= 0.3 is 0 Å². The van der Waals surface area contributed by atoms with E-state index >= 15 is 0 Å². The fraction of sp³-hybridized carbons (Fsp3) is 0.111. The number of Topliss-reactive ketones (excluding diaryl/α,β-unsaturated/α-hetero) is 1. The number of carbonyl (C=O) groups excluding carboxylic acids is 1. The molecule has 2 N–H and O–H groups in total. The van der Waals surface area contributed by atoms with E-state index in [0.29, 0.717) is 0 Å². The second-order valence-electron chi connectivity index (χ2n) is 2.94. The number of pyridine rings is 1. The van der Waals surface area contributed by atoms with Gasteiger partial charge in [0.2, 0.25) is 5.75 Å². The number of nitrogens with one attached hydrogen (secondary N) is 1. The van der Waals surface area contributed by atoms with Crippen molar-refractivity contribution in [3.63, 3.8) is 0 Å². The lowest BCUT2D eigenvalue weighted by Gasteiger charge is -2.09. The van der Waals surface area contributed by atoms with Crippen LogP contribution in [0.1, 0.15) is 22.5 Å². The molecule has 1 aliphatic rings. The molecular formula is C9H6FNO3. The number of allylic oxidation sites excluding steroid dienone is 1. The lowest BCUT2D eigenvalue weighted by molar-refractivity contribution is 0.0989. The minimum Gasteiger partial charge on any atom is -0.501 e. The molecule has 1 heterocycles. The highest BCUT2D eigenvalue weighted by Crippen LogP contribution is 2.22. The molecule has 0 saturated heterocycles. The van der Waals surface area contributed by atoms with Gasteiger partial charge in [0.15, 0.2) is 11.6 Å². The van der Waals surface area contributed by atoms with Crippen molar-refractivity contribution in [1.29, 1.82) is 0 Å². The van der Waals surface area contributed by atoms with Crippen LogP contribution in [0.3, 0.4) is 0 Å². The first-order chi connectivity index (χ1) is 6.61. The number of fused-ring (bicyclic) bond motifs is 1. The summed E-state index contributed by atoms with van der Waals surface area (Å²) in [6, 6.07) is 0. The lowest BCUT2D eigenvalue weighted by Crippen LogP contribution is -2.17. The van der Waals surface area contributed by atoms with Crippen molar-refractivity contribution in [2.75, 3.05) is 0 Å². The summed E-state index contributed by atoms with van der Waals surface area (Å²) in [4.78, 5) is 24.4. The Balaban J connectivity index is 2.85. The average molecular weight is 195 g/mol. The Morgan fingerprint density at radius 2 is 2.14 bits per heavy atom. The number of carbonyl (C=O) groups is 1. The van der Waals surface area contributed by atoms with Crippen molar-refractivity contribution in [3.8, 4) is 5.75 Å². The van der Waals surface area contributed by atoms with Crippen LogP contribution < -0.4 is 5.56 Å². The zero-order valence-corrected chi connectivity index (χ0v) is 7.00. The van der Waals surface area contributed by atoms with E-state index in [4.69, 9.17) is 5.11 Å². The van der Waals surface area contributed by atoms with Crippen LogP contribution in [0.4, 0.5) is 4.39 Å². The van der Waals surface area contributed by atoms with Gasteiger partial charge in [-0.25, -0.2) is 4.39 Å². The number of hydrogen-bond donors (Lipinski definition) is 2. The highest BCUT2D eigenvalue weighted by Gasteiger charge is 2.23. The summed E-state index contributed by atoms with van der Waals surface area (Å²) in [5, 5.41) is 8.99. The molecule has 1 aliphatic carbocycles. The summed E-state index contributed by atoms with van der Waals surface area (Å²) in [5.41, 5.74) is -1.06. The number of ketones is 1. The molecule has 14 heavy (non-hydrogen) atoms. The summed E-state index contributed by atoms with van der Waals surface area (Å²) in [5.74, 6) is -2.63. The number of rotatable bonds is 0. The highest BCUT2D eigenvalue weighted by molar-refractivity contribution is 6.02. The van der Waals surface area contributed by atoms with Crippen LogP contribution in [0, 0.1) is 5.82 Å². The zero-order chi connectivity index (χ0) is 10.3. The number of aromatic nitrogens is 1. The van der Waals surface area contributed by atoms with Gasteiger partial charge in [-0.3, -0.25) is 9.59 Å². The van der Waals surface area contributed by atoms with E-state index in [1.807, 2.05) is 0 Å². The summed E-state index contributed by atoms with van der Waals surface area (Å²) in [6.07, 6.45) is 3.05. The first kappa shape index (κ1) is 8.68. The van der Waals surface area contributed by atoms with E-state index in [9.17, 15) is 14.0 Å². The Kier molecular flexibility index (Phi) is 1.73. The van der Waals surface area contributed by atoms with Crippen LogP contribution in [0.2, 0.25) is 0 Å². The van der Waals surface area contributed by atoms with Crippen molar-refractivity contribution in [2.45, 2.75) is 6.42 Å². The Morgan fingerprint density at radius 1 is 1.43 bits per heavy atom. The number of halogens is 1. The third kappa shape index (κ3) is 1.06. The van der Waals surface area contributed by atoms with Crippen LogP contribution in [-0.2, 0) is 0 Å². The fourth-order valence-corrected chi connectivity index (χ4v) is 1.36. The standard InChI is InChI=1S/C9H6FNO3/c10-7-6-4(2-1-3-5(6)12)11-9(14)8(7)13/h1-2,13H,3H2,(H,11,14). The molecule has 0 radical (unpaired) electrons. The third-order valence-corrected chi connectivity index (χ3v) is 2.03. The summed E-state index contributed by atoms with van der Waals surface area (Å²) in [6.45, 7) is 0. The van der Waals surface area contributed by atoms with Crippen LogP contribution in [0.25, 0.3) is 6.08 Å². The van der Waals surface area contributed by atoms with Gasteiger partial charge in [0.25, 0.3) is 5.56 Å². The van der Waals surface area contributed by atoms with E-state index in [1.54, 1.807) is 0 Å².